The van der Waals surface area contributed by atoms with Gasteiger partial charge in [-0.3, -0.25) is 0 Å². The number of hydrogen-bond donors (Lipinski definition) is 0. The van der Waals surface area contributed by atoms with Gasteiger partial charge in [0.05, 0.1) is 18.6 Å². The van der Waals surface area contributed by atoms with Gasteiger partial charge in [-0.05, 0) is 105 Å². The summed E-state index contributed by atoms with van der Waals surface area (Å²) in [5.74, 6) is -4.97. The third-order valence-electron chi connectivity index (χ3n) is 11.0. The van der Waals surface area contributed by atoms with Crippen LogP contribution in [0.2, 0.25) is 0 Å². The van der Waals surface area contributed by atoms with E-state index in [0.717, 1.165) is 37.5 Å². The Bertz CT molecular complexity index is 1380. The summed E-state index contributed by atoms with van der Waals surface area (Å²) in [6.45, 7) is 2.95. The Hall–Kier alpha value is -2.54. The summed E-state index contributed by atoms with van der Waals surface area (Å²) < 4.78 is 152. The smallest absolute Gasteiger partial charge is 0.432 e. The monoisotopic (exact) mass is 726 g/mol. The molecule has 1 aliphatic heterocycles. The van der Waals surface area contributed by atoms with E-state index >= 15 is 8.78 Å². The minimum absolute atomic E-state index is 0.0425. The molecule has 0 aromatic heterocycles. The van der Waals surface area contributed by atoms with E-state index in [1.165, 1.54) is 51.4 Å². The van der Waals surface area contributed by atoms with Gasteiger partial charge < -0.3 is 9.47 Å². The van der Waals surface area contributed by atoms with Gasteiger partial charge in [-0.1, -0.05) is 45.4 Å². The van der Waals surface area contributed by atoms with Crippen molar-refractivity contribution in [3.8, 4) is 16.9 Å². The summed E-state index contributed by atoms with van der Waals surface area (Å²) in [4.78, 5) is 0. The summed E-state index contributed by atoms with van der Waals surface area (Å²) in [5, 5.41) is 0. The standard InChI is InChI=1S/C37H44F10O3/c1-2-3-4-5-22-6-8-23(9-7-22)25-12-17-33(48-21-25)24-10-13-27(14-11-24)35(41,42)49-28-15-16-29(30(38)20-28)26-18-31(39)34(32(40)19-26)36(43,44)50-37(45,46)47/h15-16,18-20,22-25,27,33H,2-14,17,21H2,1H3. The molecule has 3 nitrogen and oxygen atoms in total. The molecule has 3 aliphatic rings. The van der Waals surface area contributed by atoms with Crippen LogP contribution in [0.4, 0.5) is 43.9 Å². The van der Waals surface area contributed by atoms with Crippen molar-refractivity contribution in [1.82, 2.24) is 0 Å². The maximum Gasteiger partial charge on any atom is 0.527 e. The van der Waals surface area contributed by atoms with E-state index in [2.05, 4.69) is 11.7 Å². The maximum atomic E-state index is 15.2. The van der Waals surface area contributed by atoms with Crippen molar-refractivity contribution in [3.05, 3.63) is 53.3 Å². The molecule has 0 bridgehead atoms. The van der Waals surface area contributed by atoms with Crippen LogP contribution < -0.4 is 4.74 Å². The zero-order valence-corrected chi connectivity index (χ0v) is 28.0. The number of hydrogen-bond acceptors (Lipinski definition) is 3. The van der Waals surface area contributed by atoms with Crippen LogP contribution in [0.3, 0.4) is 0 Å². The highest BCUT2D eigenvalue weighted by Crippen LogP contribution is 2.46. The molecule has 2 aromatic carbocycles. The van der Waals surface area contributed by atoms with E-state index < -0.39 is 64.4 Å². The molecule has 280 valence electrons. The lowest BCUT2D eigenvalue weighted by atomic mass is 9.71. The first-order chi connectivity index (χ1) is 23.6. The quantitative estimate of drug-likeness (QED) is 0.161. The summed E-state index contributed by atoms with van der Waals surface area (Å²) >= 11 is 0. The van der Waals surface area contributed by atoms with Crippen molar-refractivity contribution >= 4 is 0 Å². The molecule has 0 spiro atoms. The van der Waals surface area contributed by atoms with Gasteiger partial charge in [0.1, 0.15) is 28.8 Å². The third kappa shape index (κ3) is 9.66. The Balaban J connectivity index is 1.11. The van der Waals surface area contributed by atoms with Gasteiger partial charge in [0.15, 0.2) is 0 Å². The fourth-order valence-electron chi connectivity index (χ4n) is 8.23. The van der Waals surface area contributed by atoms with E-state index in [-0.39, 0.29) is 37.0 Å². The SMILES string of the molecule is CCCCCC1CCC(C2CCC(C3CCC(C(F)(F)Oc4ccc(-c5cc(F)c(C(F)(F)OC(F)(F)F)c(F)c5)c(F)c4)CC3)OC2)CC1. The topological polar surface area (TPSA) is 27.7 Å². The molecule has 0 amide bonds. The van der Waals surface area contributed by atoms with Crippen LogP contribution in [0.5, 0.6) is 5.75 Å². The average Bonchev–Trinajstić information content (AvgIpc) is 3.04. The molecule has 0 radical (unpaired) electrons. The van der Waals surface area contributed by atoms with Crippen molar-refractivity contribution < 1.29 is 58.1 Å². The average molecular weight is 727 g/mol. The number of alkyl halides is 7. The molecule has 2 aromatic rings. The van der Waals surface area contributed by atoms with Crippen LogP contribution in [0, 0.1) is 47.0 Å². The Morgan fingerprint density at radius 2 is 1.32 bits per heavy atom. The van der Waals surface area contributed by atoms with Crippen LogP contribution in [-0.4, -0.2) is 25.2 Å². The second-order valence-corrected chi connectivity index (χ2v) is 14.3. The fraction of sp³-hybridized carbons (Fsp3) is 0.676. The highest BCUT2D eigenvalue weighted by molar-refractivity contribution is 5.66. The molecule has 2 atom stereocenters. The number of rotatable bonds is 12. The predicted octanol–water partition coefficient (Wildman–Crippen LogP) is 12.3. The Morgan fingerprint density at radius 3 is 1.88 bits per heavy atom. The van der Waals surface area contributed by atoms with Gasteiger partial charge >= 0.3 is 18.6 Å². The van der Waals surface area contributed by atoms with Crippen LogP contribution in [-0.2, 0) is 15.6 Å². The van der Waals surface area contributed by atoms with Crippen LogP contribution in [0.1, 0.15) is 102 Å². The van der Waals surface area contributed by atoms with Gasteiger partial charge in [0.2, 0.25) is 0 Å². The first kappa shape index (κ1) is 38.7. The molecule has 13 heteroatoms. The number of unbranched alkanes of at least 4 members (excludes halogenated alkanes) is 2. The van der Waals surface area contributed by atoms with E-state index in [1.54, 1.807) is 0 Å². The molecule has 2 unspecified atom stereocenters. The minimum Gasteiger partial charge on any atom is -0.432 e. The summed E-state index contributed by atoms with van der Waals surface area (Å²) in [5.41, 5.74) is -3.57. The van der Waals surface area contributed by atoms with E-state index in [9.17, 15) is 35.1 Å². The second kappa shape index (κ2) is 16.0. The second-order valence-electron chi connectivity index (χ2n) is 14.3. The van der Waals surface area contributed by atoms with Crippen molar-refractivity contribution in [2.45, 2.75) is 121 Å². The molecule has 5 rings (SSSR count). The van der Waals surface area contributed by atoms with Gasteiger partial charge in [-0.2, -0.15) is 17.6 Å². The normalized spacial score (nSPS) is 26.9. The molecule has 0 N–H and O–H groups in total. The zero-order chi connectivity index (χ0) is 36.3. The molecule has 2 saturated carbocycles. The molecular formula is C37H44F10O3. The van der Waals surface area contributed by atoms with Crippen LogP contribution >= 0.6 is 0 Å². The lowest BCUT2D eigenvalue weighted by Gasteiger charge is -2.42. The first-order valence-corrected chi connectivity index (χ1v) is 17.7. The Labute approximate surface area is 286 Å². The molecular weight excluding hydrogens is 682 g/mol. The maximum absolute atomic E-state index is 15.2. The van der Waals surface area contributed by atoms with Crippen molar-refractivity contribution in [2.24, 2.45) is 29.6 Å². The predicted molar refractivity (Wildman–Crippen MR) is 166 cm³/mol. The minimum atomic E-state index is -5.91. The number of ether oxygens (including phenoxy) is 3. The van der Waals surface area contributed by atoms with Crippen molar-refractivity contribution in [3.63, 3.8) is 0 Å². The molecule has 50 heavy (non-hydrogen) atoms. The molecule has 2 aliphatic carbocycles. The largest absolute Gasteiger partial charge is 0.527 e. The fourth-order valence-corrected chi connectivity index (χ4v) is 8.23. The Morgan fingerprint density at radius 1 is 0.700 bits per heavy atom. The molecule has 1 heterocycles. The van der Waals surface area contributed by atoms with E-state index in [4.69, 9.17) is 9.47 Å². The number of halogens is 10. The zero-order valence-electron chi connectivity index (χ0n) is 28.0. The number of benzene rings is 2. The first-order valence-electron chi connectivity index (χ1n) is 17.7. The summed E-state index contributed by atoms with van der Waals surface area (Å²) in [7, 11) is 0. The van der Waals surface area contributed by atoms with Gasteiger partial charge in [0.25, 0.3) is 0 Å². The van der Waals surface area contributed by atoms with E-state index in [0.29, 0.717) is 30.7 Å². The lowest BCUT2D eigenvalue weighted by molar-refractivity contribution is -0.432. The molecule has 1 saturated heterocycles. The van der Waals surface area contributed by atoms with Crippen molar-refractivity contribution in [1.29, 1.82) is 0 Å². The van der Waals surface area contributed by atoms with E-state index in [1.807, 2.05) is 0 Å². The van der Waals surface area contributed by atoms with Crippen LogP contribution in [0.15, 0.2) is 30.3 Å². The third-order valence-corrected chi connectivity index (χ3v) is 11.0. The van der Waals surface area contributed by atoms with Crippen molar-refractivity contribution in [2.75, 3.05) is 6.61 Å². The summed E-state index contributed by atoms with van der Waals surface area (Å²) in [6.07, 6.45) is -1.15. The van der Waals surface area contributed by atoms with Gasteiger partial charge in [0, 0.05) is 11.6 Å². The van der Waals surface area contributed by atoms with Gasteiger partial charge in [-0.15, -0.1) is 13.2 Å². The summed E-state index contributed by atoms with van der Waals surface area (Å²) in [6, 6.07) is 2.71. The van der Waals surface area contributed by atoms with Gasteiger partial charge in [-0.25, -0.2) is 17.9 Å². The molecule has 3 fully saturated rings. The lowest BCUT2D eigenvalue weighted by Crippen LogP contribution is -2.41. The highest BCUT2D eigenvalue weighted by Gasteiger charge is 2.50. The van der Waals surface area contributed by atoms with Crippen LogP contribution in [0.25, 0.3) is 11.1 Å². The highest BCUT2D eigenvalue weighted by atomic mass is 19.4. The Kier molecular flexibility index (Phi) is 12.4.